The molecule has 0 bridgehead atoms. The van der Waals surface area contributed by atoms with E-state index in [4.69, 9.17) is 4.74 Å². The summed E-state index contributed by atoms with van der Waals surface area (Å²) in [7, 11) is 0. The van der Waals surface area contributed by atoms with Gasteiger partial charge in [-0.15, -0.1) is 0 Å². The van der Waals surface area contributed by atoms with E-state index in [-0.39, 0.29) is 12.7 Å². The van der Waals surface area contributed by atoms with Crippen molar-refractivity contribution in [1.82, 2.24) is 4.98 Å². The zero-order chi connectivity index (χ0) is 14.5. The molecule has 1 heterocycles. The van der Waals surface area contributed by atoms with Gasteiger partial charge in [0.1, 0.15) is 6.10 Å². The van der Waals surface area contributed by atoms with E-state index >= 15 is 0 Å². The van der Waals surface area contributed by atoms with Gasteiger partial charge < -0.3 is 9.84 Å². The van der Waals surface area contributed by atoms with Crippen LogP contribution in [-0.2, 0) is 13.0 Å². The smallest absolute Gasteiger partial charge is 0.214 e. The molecule has 112 valence electrons. The normalized spacial score (nSPS) is 26.5. The highest BCUT2D eigenvalue weighted by Crippen LogP contribution is 2.31. The van der Waals surface area contributed by atoms with Gasteiger partial charge in [0, 0.05) is 11.8 Å². The zero-order valence-electron chi connectivity index (χ0n) is 12.9. The number of pyridine rings is 1. The first-order chi connectivity index (χ1) is 9.60. The topological polar surface area (TPSA) is 42.4 Å². The van der Waals surface area contributed by atoms with Gasteiger partial charge in [-0.1, -0.05) is 27.2 Å². The summed E-state index contributed by atoms with van der Waals surface area (Å²) in [5.41, 5.74) is 1.92. The van der Waals surface area contributed by atoms with Crippen molar-refractivity contribution >= 4 is 0 Å². The number of hydrogen-bond acceptors (Lipinski definition) is 3. The lowest BCUT2D eigenvalue weighted by atomic mass is 9.82. The van der Waals surface area contributed by atoms with E-state index in [9.17, 15) is 5.11 Å². The molecule has 3 nitrogen and oxygen atoms in total. The minimum absolute atomic E-state index is 0.0487. The van der Waals surface area contributed by atoms with E-state index < -0.39 is 0 Å². The second kappa shape index (κ2) is 7.07. The van der Waals surface area contributed by atoms with Crippen LogP contribution >= 0.6 is 0 Å². The van der Waals surface area contributed by atoms with E-state index in [1.165, 1.54) is 6.42 Å². The van der Waals surface area contributed by atoms with E-state index in [2.05, 4.69) is 25.8 Å². The minimum atomic E-state index is 0.0487. The summed E-state index contributed by atoms with van der Waals surface area (Å²) in [5, 5.41) is 9.36. The fourth-order valence-electron chi connectivity index (χ4n) is 3.30. The Labute approximate surface area is 122 Å². The van der Waals surface area contributed by atoms with Gasteiger partial charge in [-0.3, -0.25) is 0 Å². The van der Waals surface area contributed by atoms with Crippen LogP contribution in [0.15, 0.2) is 12.1 Å². The third-order valence-electron chi connectivity index (χ3n) is 4.03. The molecular formula is C17H27NO2. The molecule has 0 saturated heterocycles. The summed E-state index contributed by atoms with van der Waals surface area (Å²) in [6.07, 6.45) is 5.77. The van der Waals surface area contributed by atoms with Gasteiger partial charge in [0.2, 0.25) is 5.88 Å². The zero-order valence-corrected chi connectivity index (χ0v) is 12.9. The van der Waals surface area contributed by atoms with Gasteiger partial charge in [0.25, 0.3) is 0 Å². The van der Waals surface area contributed by atoms with Crippen LogP contribution < -0.4 is 4.74 Å². The lowest BCUT2D eigenvalue weighted by Gasteiger charge is -2.31. The summed E-state index contributed by atoms with van der Waals surface area (Å²) >= 11 is 0. The maximum atomic E-state index is 9.36. The molecule has 0 amide bonds. The molecule has 1 fully saturated rings. The van der Waals surface area contributed by atoms with E-state index in [0.717, 1.165) is 48.8 Å². The van der Waals surface area contributed by atoms with Crippen molar-refractivity contribution in [2.45, 2.75) is 65.6 Å². The molecule has 2 unspecified atom stereocenters. The summed E-state index contributed by atoms with van der Waals surface area (Å²) < 4.78 is 6.10. The number of aromatic nitrogens is 1. The first-order valence-electron chi connectivity index (χ1n) is 7.88. The molecule has 0 aromatic carbocycles. The molecule has 1 aromatic heterocycles. The number of rotatable bonds is 5. The SMILES string of the molecule is CCCc1cc(CO)cc(OC2CC(C)CC(C)C2)n1. The van der Waals surface area contributed by atoms with Crippen molar-refractivity contribution < 1.29 is 9.84 Å². The van der Waals surface area contributed by atoms with Crippen molar-refractivity contribution in [3.8, 4) is 5.88 Å². The van der Waals surface area contributed by atoms with Crippen LogP contribution in [0.1, 0.15) is 57.7 Å². The van der Waals surface area contributed by atoms with Crippen molar-refractivity contribution in [1.29, 1.82) is 0 Å². The maximum Gasteiger partial charge on any atom is 0.214 e. The van der Waals surface area contributed by atoms with Crippen LogP contribution in [0.4, 0.5) is 0 Å². The van der Waals surface area contributed by atoms with E-state index in [1.807, 2.05) is 12.1 Å². The number of aliphatic hydroxyl groups excluding tert-OH is 1. The second-order valence-corrected chi connectivity index (χ2v) is 6.37. The van der Waals surface area contributed by atoms with Gasteiger partial charge in [-0.25, -0.2) is 4.98 Å². The molecule has 1 saturated carbocycles. The standard InChI is InChI=1S/C17H27NO2/c1-4-5-15-9-14(11-19)10-17(18-15)20-16-7-12(2)6-13(3)8-16/h9-10,12-13,16,19H,4-8,11H2,1-3H3. The average Bonchev–Trinajstić information content (AvgIpc) is 2.37. The Morgan fingerprint density at radius 1 is 1.20 bits per heavy atom. The molecule has 1 aromatic rings. The lowest BCUT2D eigenvalue weighted by molar-refractivity contribution is 0.0962. The molecule has 0 aliphatic heterocycles. The molecule has 2 atom stereocenters. The van der Waals surface area contributed by atoms with Crippen LogP contribution in [0.3, 0.4) is 0 Å². The number of ether oxygens (including phenoxy) is 1. The monoisotopic (exact) mass is 277 g/mol. The summed E-state index contributed by atoms with van der Waals surface area (Å²) in [4.78, 5) is 4.58. The Morgan fingerprint density at radius 3 is 2.50 bits per heavy atom. The largest absolute Gasteiger partial charge is 0.474 e. The van der Waals surface area contributed by atoms with Gasteiger partial charge in [-0.2, -0.15) is 0 Å². The molecule has 0 radical (unpaired) electrons. The van der Waals surface area contributed by atoms with Crippen molar-refractivity contribution in [2.75, 3.05) is 0 Å². The Balaban J connectivity index is 2.09. The van der Waals surface area contributed by atoms with Crippen molar-refractivity contribution in [2.24, 2.45) is 11.8 Å². The highest BCUT2D eigenvalue weighted by Gasteiger charge is 2.25. The number of nitrogens with zero attached hydrogens (tertiary/aromatic N) is 1. The molecular weight excluding hydrogens is 250 g/mol. The van der Waals surface area contributed by atoms with Crippen LogP contribution in [0.5, 0.6) is 5.88 Å². The predicted octanol–water partition coefficient (Wildman–Crippen LogP) is 3.73. The second-order valence-electron chi connectivity index (χ2n) is 6.37. The minimum Gasteiger partial charge on any atom is -0.474 e. The quantitative estimate of drug-likeness (QED) is 0.891. The fourth-order valence-corrected chi connectivity index (χ4v) is 3.30. The molecule has 1 N–H and O–H groups in total. The first-order valence-corrected chi connectivity index (χ1v) is 7.88. The maximum absolute atomic E-state index is 9.36. The van der Waals surface area contributed by atoms with Crippen LogP contribution in [0, 0.1) is 11.8 Å². The molecule has 20 heavy (non-hydrogen) atoms. The van der Waals surface area contributed by atoms with Crippen LogP contribution in [-0.4, -0.2) is 16.2 Å². The third-order valence-corrected chi connectivity index (χ3v) is 4.03. The van der Waals surface area contributed by atoms with Crippen molar-refractivity contribution in [3.05, 3.63) is 23.4 Å². The molecule has 2 rings (SSSR count). The third kappa shape index (κ3) is 4.20. The highest BCUT2D eigenvalue weighted by molar-refractivity contribution is 5.25. The Morgan fingerprint density at radius 2 is 1.90 bits per heavy atom. The number of aryl methyl sites for hydroxylation is 1. The number of aliphatic hydroxyl groups is 1. The first kappa shape index (κ1) is 15.3. The molecule has 0 spiro atoms. The molecule has 1 aliphatic rings. The van der Waals surface area contributed by atoms with Gasteiger partial charge in [-0.05, 0) is 49.1 Å². The fraction of sp³-hybridized carbons (Fsp3) is 0.706. The molecule has 1 aliphatic carbocycles. The van der Waals surface area contributed by atoms with Gasteiger partial charge >= 0.3 is 0 Å². The average molecular weight is 277 g/mol. The highest BCUT2D eigenvalue weighted by atomic mass is 16.5. The summed E-state index contributed by atoms with van der Waals surface area (Å²) in [5.74, 6) is 2.13. The lowest BCUT2D eigenvalue weighted by Crippen LogP contribution is -2.28. The summed E-state index contributed by atoms with van der Waals surface area (Å²) in [6.45, 7) is 6.78. The van der Waals surface area contributed by atoms with Gasteiger partial charge in [0.15, 0.2) is 0 Å². The Bertz CT molecular complexity index is 423. The van der Waals surface area contributed by atoms with Gasteiger partial charge in [0.05, 0.1) is 6.61 Å². The van der Waals surface area contributed by atoms with Crippen LogP contribution in [0.25, 0.3) is 0 Å². The van der Waals surface area contributed by atoms with Crippen molar-refractivity contribution in [3.63, 3.8) is 0 Å². The van der Waals surface area contributed by atoms with Crippen LogP contribution in [0.2, 0.25) is 0 Å². The summed E-state index contributed by atoms with van der Waals surface area (Å²) in [6, 6.07) is 3.85. The Kier molecular flexibility index (Phi) is 5.41. The predicted molar refractivity (Wildman–Crippen MR) is 80.7 cm³/mol. The molecule has 3 heteroatoms. The Hall–Kier alpha value is -1.09. The van der Waals surface area contributed by atoms with E-state index in [0.29, 0.717) is 5.88 Å². The number of hydrogen-bond donors (Lipinski definition) is 1. The van der Waals surface area contributed by atoms with E-state index in [1.54, 1.807) is 0 Å².